The minimum absolute atomic E-state index is 0.0116. The Labute approximate surface area is 81.1 Å². The highest BCUT2D eigenvalue weighted by Crippen LogP contribution is 2.31. The van der Waals surface area contributed by atoms with Gasteiger partial charge in [0.25, 0.3) is 0 Å². The summed E-state index contributed by atoms with van der Waals surface area (Å²) in [5.74, 6) is -0.528. The van der Waals surface area contributed by atoms with E-state index in [1.807, 2.05) is 0 Å². The van der Waals surface area contributed by atoms with Gasteiger partial charge < -0.3 is 19.8 Å². The van der Waals surface area contributed by atoms with Crippen LogP contribution in [0.15, 0.2) is 0 Å². The van der Waals surface area contributed by atoms with Gasteiger partial charge >= 0.3 is 12.1 Å². The van der Waals surface area contributed by atoms with E-state index < -0.39 is 17.5 Å². The largest absolute Gasteiger partial charge is 0.465 e. The molecule has 1 rings (SSSR count). The lowest BCUT2D eigenvalue weighted by Gasteiger charge is -2.45. The standard InChI is InChI=1S/C8H13NO5/c1-2-14-6(11)8(5-10)3-9(4-8)7(12)13/h10H,2-5H2,1H3,(H,12,13). The lowest BCUT2D eigenvalue weighted by molar-refractivity contribution is -0.169. The van der Waals surface area contributed by atoms with Gasteiger partial charge in [-0.1, -0.05) is 0 Å². The van der Waals surface area contributed by atoms with Crippen LogP contribution in [0.25, 0.3) is 0 Å². The van der Waals surface area contributed by atoms with Crippen LogP contribution in [0.3, 0.4) is 0 Å². The van der Waals surface area contributed by atoms with Crippen LogP contribution in [0.4, 0.5) is 4.79 Å². The summed E-state index contributed by atoms with van der Waals surface area (Å²) in [5, 5.41) is 17.6. The van der Waals surface area contributed by atoms with Crippen LogP contribution in [0.2, 0.25) is 0 Å². The molecule has 1 saturated heterocycles. The topological polar surface area (TPSA) is 87.1 Å². The third-order valence-electron chi connectivity index (χ3n) is 2.27. The minimum Gasteiger partial charge on any atom is -0.465 e. The van der Waals surface area contributed by atoms with E-state index in [2.05, 4.69) is 0 Å². The van der Waals surface area contributed by atoms with Crippen LogP contribution in [0, 0.1) is 5.41 Å². The first kappa shape index (κ1) is 10.8. The van der Waals surface area contributed by atoms with Crippen LogP contribution >= 0.6 is 0 Å². The maximum atomic E-state index is 11.3. The Balaban J connectivity index is 2.56. The zero-order valence-corrected chi connectivity index (χ0v) is 7.89. The Morgan fingerprint density at radius 2 is 2.07 bits per heavy atom. The average molecular weight is 203 g/mol. The molecule has 0 aromatic heterocycles. The predicted molar refractivity (Wildman–Crippen MR) is 45.7 cm³/mol. The molecule has 0 aromatic rings. The number of carboxylic acid groups (broad SMARTS) is 1. The molecule has 14 heavy (non-hydrogen) atoms. The summed E-state index contributed by atoms with van der Waals surface area (Å²) in [6.07, 6.45) is -1.08. The smallest absolute Gasteiger partial charge is 0.407 e. The van der Waals surface area contributed by atoms with E-state index in [-0.39, 0.29) is 26.3 Å². The Hall–Kier alpha value is -1.30. The number of rotatable bonds is 3. The Morgan fingerprint density at radius 1 is 1.50 bits per heavy atom. The molecule has 1 aliphatic heterocycles. The van der Waals surface area contributed by atoms with Crippen LogP contribution < -0.4 is 0 Å². The van der Waals surface area contributed by atoms with Gasteiger partial charge in [-0.3, -0.25) is 4.79 Å². The maximum Gasteiger partial charge on any atom is 0.407 e. The van der Waals surface area contributed by atoms with Crippen molar-refractivity contribution in [3.63, 3.8) is 0 Å². The summed E-state index contributed by atoms with van der Waals surface area (Å²) in [5.41, 5.74) is -1.03. The number of amides is 1. The summed E-state index contributed by atoms with van der Waals surface area (Å²) in [7, 11) is 0. The van der Waals surface area contributed by atoms with Gasteiger partial charge in [0.2, 0.25) is 0 Å². The van der Waals surface area contributed by atoms with Crippen LogP contribution in [0.5, 0.6) is 0 Å². The lowest BCUT2D eigenvalue weighted by atomic mass is 9.81. The van der Waals surface area contributed by atoms with Gasteiger partial charge in [-0.05, 0) is 6.92 Å². The lowest BCUT2D eigenvalue weighted by Crippen LogP contribution is -2.64. The second kappa shape index (κ2) is 3.83. The van der Waals surface area contributed by atoms with Crippen molar-refractivity contribution in [3.05, 3.63) is 0 Å². The fourth-order valence-corrected chi connectivity index (χ4v) is 1.40. The number of carbonyl (C=O) groups excluding carboxylic acids is 1. The van der Waals surface area contributed by atoms with Crippen molar-refractivity contribution in [3.8, 4) is 0 Å². The Kier molecular flexibility index (Phi) is 2.95. The minimum atomic E-state index is -1.08. The second-order valence-electron chi connectivity index (χ2n) is 3.30. The highest BCUT2D eigenvalue weighted by atomic mass is 16.5. The maximum absolute atomic E-state index is 11.3. The summed E-state index contributed by atoms with van der Waals surface area (Å²) < 4.78 is 4.75. The molecule has 0 aliphatic carbocycles. The number of esters is 1. The van der Waals surface area contributed by atoms with Gasteiger partial charge in [0.15, 0.2) is 0 Å². The van der Waals surface area contributed by atoms with E-state index in [1.54, 1.807) is 6.92 Å². The number of aliphatic hydroxyl groups is 1. The first-order valence-electron chi connectivity index (χ1n) is 4.31. The first-order valence-corrected chi connectivity index (χ1v) is 4.31. The van der Waals surface area contributed by atoms with Crippen molar-refractivity contribution in [1.29, 1.82) is 0 Å². The third kappa shape index (κ3) is 1.65. The monoisotopic (exact) mass is 203 g/mol. The zero-order valence-electron chi connectivity index (χ0n) is 7.89. The molecule has 80 valence electrons. The van der Waals surface area contributed by atoms with Gasteiger partial charge in [-0.25, -0.2) is 4.79 Å². The third-order valence-corrected chi connectivity index (χ3v) is 2.27. The van der Waals surface area contributed by atoms with Crippen molar-refractivity contribution in [2.24, 2.45) is 5.41 Å². The normalized spacial score (nSPS) is 18.6. The van der Waals surface area contributed by atoms with E-state index in [0.29, 0.717) is 0 Å². The number of likely N-dealkylation sites (tertiary alicyclic amines) is 1. The van der Waals surface area contributed by atoms with Crippen LogP contribution in [-0.2, 0) is 9.53 Å². The number of carbonyl (C=O) groups is 2. The van der Waals surface area contributed by atoms with Crippen molar-refractivity contribution in [2.45, 2.75) is 6.92 Å². The molecule has 1 aliphatic rings. The van der Waals surface area contributed by atoms with Crippen molar-refractivity contribution in [2.75, 3.05) is 26.3 Å². The van der Waals surface area contributed by atoms with E-state index >= 15 is 0 Å². The molecule has 0 radical (unpaired) electrons. The summed E-state index contributed by atoms with van der Waals surface area (Å²) in [4.78, 5) is 22.9. The van der Waals surface area contributed by atoms with Gasteiger partial charge in [-0.15, -0.1) is 0 Å². The van der Waals surface area contributed by atoms with E-state index in [4.69, 9.17) is 14.9 Å². The molecule has 6 heteroatoms. The van der Waals surface area contributed by atoms with Crippen LogP contribution in [0.1, 0.15) is 6.92 Å². The molecule has 1 fully saturated rings. The SMILES string of the molecule is CCOC(=O)C1(CO)CN(C(=O)O)C1. The van der Waals surface area contributed by atoms with Gasteiger partial charge in [0, 0.05) is 13.1 Å². The molecular weight excluding hydrogens is 190 g/mol. The molecule has 0 aromatic carbocycles. The quantitative estimate of drug-likeness (QED) is 0.605. The number of hydrogen-bond donors (Lipinski definition) is 2. The van der Waals surface area contributed by atoms with Gasteiger partial charge in [0.1, 0.15) is 5.41 Å². The summed E-state index contributed by atoms with van der Waals surface area (Å²) >= 11 is 0. The van der Waals surface area contributed by atoms with Crippen LogP contribution in [-0.4, -0.2) is 53.5 Å². The number of aliphatic hydroxyl groups excluding tert-OH is 1. The summed E-state index contributed by atoms with van der Waals surface area (Å²) in [6, 6.07) is 0. The molecule has 0 atom stereocenters. The molecule has 1 amide bonds. The Morgan fingerprint density at radius 3 is 2.43 bits per heavy atom. The molecular formula is C8H13NO5. The number of ether oxygens (including phenoxy) is 1. The van der Waals surface area contributed by atoms with E-state index in [0.717, 1.165) is 4.90 Å². The molecule has 6 nitrogen and oxygen atoms in total. The zero-order chi connectivity index (χ0) is 10.8. The highest BCUT2D eigenvalue weighted by molar-refractivity contribution is 5.81. The molecule has 0 bridgehead atoms. The van der Waals surface area contributed by atoms with Crippen molar-refractivity contribution in [1.82, 2.24) is 4.90 Å². The van der Waals surface area contributed by atoms with Gasteiger partial charge in [0.05, 0.1) is 13.2 Å². The van der Waals surface area contributed by atoms with Crippen molar-refractivity contribution >= 4 is 12.1 Å². The van der Waals surface area contributed by atoms with E-state index in [1.165, 1.54) is 0 Å². The predicted octanol–water partition coefficient (Wildman–Crippen LogP) is -0.478. The van der Waals surface area contributed by atoms with Gasteiger partial charge in [-0.2, -0.15) is 0 Å². The Bertz CT molecular complexity index is 246. The molecule has 0 unspecified atom stereocenters. The fourth-order valence-electron chi connectivity index (χ4n) is 1.40. The van der Waals surface area contributed by atoms with Crippen molar-refractivity contribution < 1.29 is 24.5 Å². The number of hydrogen-bond acceptors (Lipinski definition) is 4. The molecule has 1 heterocycles. The molecule has 0 spiro atoms. The molecule has 2 N–H and O–H groups in total. The average Bonchev–Trinajstić information content (AvgIpc) is 2.03. The first-order chi connectivity index (χ1) is 6.55. The van der Waals surface area contributed by atoms with E-state index in [9.17, 15) is 9.59 Å². The summed E-state index contributed by atoms with van der Waals surface area (Å²) in [6.45, 7) is 1.54. The fraction of sp³-hybridized carbons (Fsp3) is 0.750. The second-order valence-corrected chi connectivity index (χ2v) is 3.30. The number of nitrogens with zero attached hydrogens (tertiary/aromatic N) is 1. The highest BCUT2D eigenvalue weighted by Gasteiger charge is 2.52. The molecule has 0 saturated carbocycles.